The van der Waals surface area contributed by atoms with E-state index in [0.29, 0.717) is 0 Å². The minimum atomic E-state index is -2.67. The molecule has 0 aromatic heterocycles. The van der Waals surface area contributed by atoms with Crippen LogP contribution in [0.25, 0.3) is 0 Å². The van der Waals surface area contributed by atoms with Gasteiger partial charge in [0.1, 0.15) is 0 Å². The molecular formula is C33H49NOSSn. The van der Waals surface area contributed by atoms with E-state index in [0.717, 1.165) is 23.3 Å². The van der Waals surface area contributed by atoms with Crippen LogP contribution in [-0.4, -0.2) is 22.6 Å². The maximum atomic E-state index is 13.3. The molecule has 1 unspecified atom stereocenters. The van der Waals surface area contributed by atoms with E-state index >= 15 is 0 Å². The van der Waals surface area contributed by atoms with Crippen molar-refractivity contribution in [3.63, 3.8) is 0 Å². The number of nitrogens with one attached hydrogen (secondary N) is 1. The summed E-state index contributed by atoms with van der Waals surface area (Å²) in [5, 5.41) is 0. The van der Waals surface area contributed by atoms with Gasteiger partial charge in [-0.15, -0.1) is 0 Å². The van der Waals surface area contributed by atoms with E-state index in [1.54, 1.807) is 0 Å². The normalized spacial score (nSPS) is 13.6. The van der Waals surface area contributed by atoms with Crippen molar-refractivity contribution in [2.24, 2.45) is 0 Å². The molecule has 4 heteroatoms. The summed E-state index contributed by atoms with van der Waals surface area (Å²) in [5.74, 6) is 7.42. The fourth-order valence-corrected chi connectivity index (χ4v) is 21.6. The van der Waals surface area contributed by atoms with Crippen molar-refractivity contribution < 1.29 is 4.21 Å². The number of aryl methyl sites for hydroxylation is 1. The van der Waals surface area contributed by atoms with Crippen LogP contribution >= 0.6 is 0 Å². The van der Waals surface area contributed by atoms with E-state index in [9.17, 15) is 4.21 Å². The molecule has 0 heterocycles. The van der Waals surface area contributed by atoms with Crippen molar-refractivity contribution in [3.05, 3.63) is 75.4 Å². The Labute approximate surface area is 234 Å². The summed E-state index contributed by atoms with van der Waals surface area (Å²) < 4.78 is 22.4. The number of allylic oxidation sites excluding steroid dienone is 2. The molecule has 0 saturated carbocycles. The van der Waals surface area contributed by atoms with Gasteiger partial charge in [-0.2, -0.15) is 0 Å². The predicted octanol–water partition coefficient (Wildman–Crippen LogP) is 9.47. The molecule has 0 bridgehead atoms. The van der Waals surface area contributed by atoms with E-state index in [2.05, 4.69) is 69.4 Å². The summed E-state index contributed by atoms with van der Waals surface area (Å²) >= 11 is -2.67. The van der Waals surface area contributed by atoms with Crippen molar-refractivity contribution >= 4 is 29.4 Å². The zero-order valence-electron chi connectivity index (χ0n) is 23.9. The first-order valence-corrected chi connectivity index (χ1v) is 23.1. The average molecular weight is 627 g/mol. The molecule has 2 aromatic rings. The van der Waals surface area contributed by atoms with Crippen LogP contribution in [-0.2, 0) is 11.0 Å². The van der Waals surface area contributed by atoms with Crippen LogP contribution in [0.3, 0.4) is 0 Å². The van der Waals surface area contributed by atoms with Gasteiger partial charge >= 0.3 is 236 Å². The number of hydrogen-bond donors (Lipinski definition) is 1. The molecule has 0 amide bonds. The molecule has 2 rings (SSSR count). The van der Waals surface area contributed by atoms with Crippen LogP contribution in [0.2, 0.25) is 13.3 Å². The fraction of sp³-hybridized carbons (Fsp3) is 0.515. The second-order valence-corrected chi connectivity index (χ2v) is 24.7. The zero-order chi connectivity index (χ0) is 26.9. The Bertz CT molecular complexity index is 998. The monoisotopic (exact) mass is 627 g/mol. The average Bonchev–Trinajstić information content (AvgIpc) is 2.93. The summed E-state index contributed by atoms with van der Waals surface area (Å²) in [5.41, 5.74) is 2.24. The van der Waals surface area contributed by atoms with E-state index in [1.165, 1.54) is 61.0 Å². The second kappa shape index (κ2) is 18.0. The van der Waals surface area contributed by atoms with Gasteiger partial charge in [0.25, 0.3) is 0 Å². The minimum absolute atomic E-state index is 0.277. The standard InChI is InChI=1S/C21H22NOS.3C4H9.Sn/c1-3-4-5-6-10-13-21(19-11-8-7-9-12-19)22-24(23)20-16-14-18(2)15-17-20;3*1-3-4-2;/h5,7-9,11-12,14-17,21-22H,3-4H2,1-2H3;3*1,3-4H2,2H3;/t21-,24?;;;;/m1..../s1. The predicted molar refractivity (Wildman–Crippen MR) is 166 cm³/mol. The van der Waals surface area contributed by atoms with Gasteiger partial charge in [-0.3, -0.25) is 0 Å². The Hall–Kier alpha value is -1.35. The zero-order valence-corrected chi connectivity index (χ0v) is 27.6. The number of rotatable bonds is 16. The van der Waals surface area contributed by atoms with E-state index < -0.39 is 29.4 Å². The van der Waals surface area contributed by atoms with E-state index in [1.807, 2.05) is 42.5 Å². The number of unbranched alkanes of at least 4 members (excludes halogenated alkanes) is 4. The molecule has 0 fully saturated rings. The van der Waals surface area contributed by atoms with Crippen LogP contribution in [0, 0.1) is 18.8 Å². The quantitative estimate of drug-likeness (QED) is 0.146. The van der Waals surface area contributed by atoms with Crippen molar-refractivity contribution in [1.29, 1.82) is 0 Å². The molecule has 0 aliphatic carbocycles. The number of hydrogen-bond acceptors (Lipinski definition) is 1. The third kappa shape index (κ3) is 10.7. The summed E-state index contributed by atoms with van der Waals surface area (Å²) in [7, 11) is -1.33. The Morgan fingerprint density at radius 1 is 0.865 bits per heavy atom. The summed E-state index contributed by atoms with van der Waals surface area (Å²) in [6.45, 7) is 11.3. The first-order chi connectivity index (χ1) is 18.0. The van der Waals surface area contributed by atoms with Gasteiger partial charge in [0.2, 0.25) is 0 Å². The molecule has 0 aliphatic rings. The fourth-order valence-electron chi connectivity index (χ4n) is 4.83. The van der Waals surface area contributed by atoms with E-state index in [-0.39, 0.29) is 6.04 Å². The molecule has 37 heavy (non-hydrogen) atoms. The van der Waals surface area contributed by atoms with Crippen LogP contribution in [0.5, 0.6) is 0 Å². The first-order valence-electron chi connectivity index (χ1n) is 14.5. The summed E-state index contributed by atoms with van der Waals surface area (Å²) in [4.78, 5) is 0.789. The molecule has 202 valence electrons. The van der Waals surface area contributed by atoms with Crippen LogP contribution in [0.1, 0.15) is 96.2 Å². The third-order valence-corrected chi connectivity index (χ3v) is 23.8. The van der Waals surface area contributed by atoms with Gasteiger partial charge in [0.15, 0.2) is 0 Å². The molecule has 0 radical (unpaired) electrons. The molecule has 0 saturated heterocycles. The maximum absolute atomic E-state index is 13.3. The van der Waals surface area contributed by atoms with Crippen LogP contribution in [0.4, 0.5) is 0 Å². The van der Waals surface area contributed by atoms with Crippen molar-refractivity contribution in [3.8, 4) is 11.8 Å². The van der Waals surface area contributed by atoms with Gasteiger partial charge in [0.05, 0.1) is 0 Å². The molecule has 1 N–H and O–H groups in total. The topological polar surface area (TPSA) is 29.1 Å². The van der Waals surface area contributed by atoms with Gasteiger partial charge in [-0.25, -0.2) is 0 Å². The van der Waals surface area contributed by atoms with Gasteiger partial charge in [-0.05, 0) is 0 Å². The Kier molecular flexibility index (Phi) is 15.5. The molecule has 2 nitrogen and oxygen atoms in total. The molecule has 2 atom stereocenters. The molecular weight excluding hydrogens is 577 g/mol. The van der Waals surface area contributed by atoms with Gasteiger partial charge < -0.3 is 0 Å². The van der Waals surface area contributed by atoms with Gasteiger partial charge in [0, 0.05) is 0 Å². The van der Waals surface area contributed by atoms with Crippen molar-refractivity contribution in [1.82, 2.24) is 4.72 Å². The van der Waals surface area contributed by atoms with Crippen LogP contribution in [0.15, 0.2) is 69.2 Å². The Morgan fingerprint density at radius 2 is 1.43 bits per heavy atom. The second-order valence-electron chi connectivity index (χ2n) is 10.3. The summed E-state index contributed by atoms with van der Waals surface area (Å²) in [6.07, 6.45) is 12.5. The molecule has 0 spiro atoms. The SMILES string of the molecule is CCC/C=[C](\C#C[C@@H](NS(=O)c1ccc(C)cc1)c1ccccc1)[Sn]([CH2]CCC)([CH2]CCC)[CH2]CCC. The van der Waals surface area contributed by atoms with Gasteiger partial charge in [-0.1, -0.05) is 0 Å². The van der Waals surface area contributed by atoms with Crippen molar-refractivity contribution in [2.75, 3.05) is 0 Å². The van der Waals surface area contributed by atoms with Crippen LogP contribution < -0.4 is 4.72 Å². The third-order valence-electron chi connectivity index (χ3n) is 7.18. The summed E-state index contributed by atoms with van der Waals surface area (Å²) in [6, 6.07) is 17.9. The Morgan fingerprint density at radius 3 is 1.95 bits per heavy atom. The Balaban J connectivity index is 2.51. The van der Waals surface area contributed by atoms with E-state index in [4.69, 9.17) is 0 Å². The number of benzene rings is 2. The molecule has 2 aromatic carbocycles. The molecule has 0 aliphatic heterocycles. The first kappa shape index (κ1) is 31.9. The van der Waals surface area contributed by atoms with Crippen molar-refractivity contribution in [2.45, 2.75) is 110 Å².